The van der Waals surface area contributed by atoms with Crippen LogP contribution in [0.4, 0.5) is 0 Å². The molecule has 4 aromatic rings. The summed E-state index contributed by atoms with van der Waals surface area (Å²) in [5, 5.41) is 51.9. The molecule has 182 valence electrons. The van der Waals surface area contributed by atoms with Crippen LogP contribution in [0, 0.1) is 0 Å². The molecule has 0 saturated heterocycles. The summed E-state index contributed by atoms with van der Waals surface area (Å²) in [6.07, 6.45) is -1.10. The molecule has 2 aliphatic rings. The highest BCUT2D eigenvalue weighted by Gasteiger charge is 2.48. The number of methoxy groups -OCH3 is 1. The Labute approximate surface area is 207 Å². The summed E-state index contributed by atoms with van der Waals surface area (Å²) in [6, 6.07) is 19.5. The van der Waals surface area contributed by atoms with E-state index in [4.69, 9.17) is 9.47 Å². The predicted molar refractivity (Wildman–Crippen MR) is 131 cm³/mol. The molecule has 0 fully saturated rings. The van der Waals surface area contributed by atoms with Crippen LogP contribution < -0.4 is 4.74 Å². The first kappa shape index (κ1) is 22.1. The standard InChI is InChI=1S/C29H24O7/c1-35-28(14-2-6-16(30)7-3-14)26-21-11-19(33)13-23-25(21)27(20-10-18(32)12-22(34)24(20)26)29(36-23)15-4-8-17(31)9-5-15/h2-13,26-34H,1H3. The summed E-state index contributed by atoms with van der Waals surface area (Å²) in [4.78, 5) is 0. The fourth-order valence-corrected chi connectivity index (χ4v) is 5.76. The lowest BCUT2D eigenvalue weighted by Gasteiger charge is -2.37. The Kier molecular flexibility index (Phi) is 4.98. The van der Waals surface area contributed by atoms with Gasteiger partial charge in [-0.15, -0.1) is 0 Å². The number of aromatic hydroxyl groups is 5. The van der Waals surface area contributed by atoms with Gasteiger partial charge in [-0.25, -0.2) is 0 Å². The number of ether oxygens (including phenoxy) is 2. The minimum atomic E-state index is -0.584. The molecule has 1 aliphatic heterocycles. The molecule has 6 rings (SSSR count). The monoisotopic (exact) mass is 484 g/mol. The van der Waals surface area contributed by atoms with Crippen molar-refractivity contribution >= 4 is 0 Å². The van der Waals surface area contributed by atoms with E-state index in [9.17, 15) is 25.5 Å². The van der Waals surface area contributed by atoms with E-state index in [1.165, 1.54) is 6.07 Å². The van der Waals surface area contributed by atoms with E-state index in [0.717, 1.165) is 22.3 Å². The maximum atomic E-state index is 11.2. The average molecular weight is 485 g/mol. The lowest BCUT2D eigenvalue weighted by atomic mass is 9.67. The Hall–Kier alpha value is -4.36. The number of phenols is 5. The SMILES string of the molecule is COC(c1ccc(O)cc1)C1c2cc(O)cc3c2C(c2cc(O)cc(O)c21)C(c1ccc(O)cc1)O3. The molecule has 0 radical (unpaired) electrons. The van der Waals surface area contributed by atoms with Crippen molar-refractivity contribution in [2.75, 3.05) is 7.11 Å². The molecule has 0 spiro atoms. The van der Waals surface area contributed by atoms with Crippen LogP contribution >= 0.6 is 0 Å². The van der Waals surface area contributed by atoms with E-state index < -0.39 is 18.1 Å². The van der Waals surface area contributed by atoms with E-state index in [0.29, 0.717) is 16.9 Å². The van der Waals surface area contributed by atoms with E-state index in [1.54, 1.807) is 73.8 Å². The van der Waals surface area contributed by atoms with Crippen LogP contribution in [-0.2, 0) is 4.74 Å². The molecule has 1 aliphatic carbocycles. The van der Waals surface area contributed by atoms with Crippen molar-refractivity contribution in [3.8, 4) is 34.5 Å². The number of rotatable bonds is 4. The third-order valence-electron chi connectivity index (χ3n) is 7.18. The van der Waals surface area contributed by atoms with Crippen LogP contribution in [0.2, 0.25) is 0 Å². The third-order valence-corrected chi connectivity index (χ3v) is 7.18. The van der Waals surface area contributed by atoms with Crippen molar-refractivity contribution in [2.24, 2.45) is 0 Å². The van der Waals surface area contributed by atoms with Gasteiger partial charge in [0.15, 0.2) is 0 Å². The van der Waals surface area contributed by atoms with Crippen LogP contribution in [0.15, 0.2) is 72.8 Å². The number of hydrogen-bond donors (Lipinski definition) is 5. The largest absolute Gasteiger partial charge is 0.508 e. The molecule has 4 aromatic carbocycles. The Bertz CT molecular complexity index is 1460. The van der Waals surface area contributed by atoms with Crippen molar-refractivity contribution in [1.29, 1.82) is 0 Å². The molecule has 4 atom stereocenters. The minimum Gasteiger partial charge on any atom is -0.508 e. The zero-order chi connectivity index (χ0) is 25.1. The molecule has 1 heterocycles. The van der Waals surface area contributed by atoms with E-state index >= 15 is 0 Å². The van der Waals surface area contributed by atoms with Crippen LogP contribution in [0.3, 0.4) is 0 Å². The molecular weight excluding hydrogens is 460 g/mol. The van der Waals surface area contributed by atoms with Gasteiger partial charge in [-0.3, -0.25) is 0 Å². The number of fused-ring (bicyclic) bond motifs is 2. The lowest BCUT2D eigenvalue weighted by molar-refractivity contribution is 0.0868. The Morgan fingerprint density at radius 1 is 0.694 bits per heavy atom. The van der Waals surface area contributed by atoms with Gasteiger partial charge in [-0.2, -0.15) is 0 Å². The molecule has 7 heteroatoms. The van der Waals surface area contributed by atoms with Crippen LogP contribution in [0.25, 0.3) is 0 Å². The quantitative estimate of drug-likeness (QED) is 0.266. The van der Waals surface area contributed by atoms with E-state index in [-0.39, 0.29) is 34.7 Å². The van der Waals surface area contributed by atoms with E-state index in [1.807, 2.05) is 0 Å². The van der Waals surface area contributed by atoms with Crippen LogP contribution in [0.1, 0.15) is 57.4 Å². The predicted octanol–water partition coefficient (Wildman–Crippen LogP) is 5.31. The lowest BCUT2D eigenvalue weighted by Crippen LogP contribution is -2.25. The van der Waals surface area contributed by atoms with Crippen molar-refractivity contribution in [1.82, 2.24) is 0 Å². The second kappa shape index (κ2) is 8.10. The summed E-state index contributed by atoms with van der Waals surface area (Å²) in [5.74, 6) is -0.339. The average Bonchev–Trinajstić information content (AvgIpc) is 3.23. The molecule has 0 aromatic heterocycles. The van der Waals surface area contributed by atoms with Crippen molar-refractivity contribution in [3.63, 3.8) is 0 Å². The first-order valence-electron chi connectivity index (χ1n) is 11.6. The highest BCUT2D eigenvalue weighted by Crippen LogP contribution is 2.62. The minimum absolute atomic E-state index is 0.0149. The molecule has 4 unspecified atom stereocenters. The smallest absolute Gasteiger partial charge is 0.135 e. The third kappa shape index (κ3) is 3.31. The second-order valence-electron chi connectivity index (χ2n) is 9.25. The first-order chi connectivity index (χ1) is 17.4. The molecule has 0 saturated carbocycles. The van der Waals surface area contributed by atoms with Crippen molar-refractivity contribution in [3.05, 3.63) is 106 Å². The highest BCUT2D eigenvalue weighted by molar-refractivity contribution is 5.67. The maximum absolute atomic E-state index is 11.2. The van der Waals surface area contributed by atoms with Crippen LogP contribution in [0.5, 0.6) is 34.5 Å². The van der Waals surface area contributed by atoms with E-state index in [2.05, 4.69) is 0 Å². The number of phenolic OH excluding ortho intramolecular Hbond substituents is 5. The first-order valence-corrected chi connectivity index (χ1v) is 11.6. The topological polar surface area (TPSA) is 120 Å². The second-order valence-corrected chi connectivity index (χ2v) is 9.25. The van der Waals surface area contributed by atoms with Gasteiger partial charge < -0.3 is 35.0 Å². The van der Waals surface area contributed by atoms with Gasteiger partial charge in [-0.05, 0) is 58.7 Å². The summed E-state index contributed by atoms with van der Waals surface area (Å²) < 4.78 is 12.3. The fourth-order valence-electron chi connectivity index (χ4n) is 5.76. The molecule has 0 bridgehead atoms. The van der Waals surface area contributed by atoms with Crippen molar-refractivity contribution in [2.45, 2.75) is 24.0 Å². The van der Waals surface area contributed by atoms with Crippen molar-refractivity contribution < 1.29 is 35.0 Å². The molecule has 36 heavy (non-hydrogen) atoms. The summed E-state index contributed by atoms with van der Waals surface area (Å²) in [6.45, 7) is 0. The maximum Gasteiger partial charge on any atom is 0.135 e. The number of benzene rings is 4. The van der Waals surface area contributed by atoms with Gasteiger partial charge >= 0.3 is 0 Å². The molecule has 7 nitrogen and oxygen atoms in total. The summed E-state index contributed by atoms with van der Waals surface area (Å²) >= 11 is 0. The Balaban J connectivity index is 1.62. The van der Waals surface area contributed by atoms with Gasteiger partial charge in [0.25, 0.3) is 0 Å². The highest BCUT2D eigenvalue weighted by atomic mass is 16.5. The summed E-state index contributed by atoms with van der Waals surface area (Å²) in [5.41, 5.74) is 4.40. The van der Waals surface area contributed by atoms with Gasteiger partial charge in [0.05, 0.1) is 12.0 Å². The van der Waals surface area contributed by atoms with Gasteiger partial charge in [-0.1, -0.05) is 24.3 Å². The zero-order valence-electron chi connectivity index (χ0n) is 19.3. The van der Waals surface area contributed by atoms with Crippen LogP contribution in [-0.4, -0.2) is 32.6 Å². The van der Waals surface area contributed by atoms with Gasteiger partial charge in [0, 0.05) is 36.3 Å². The molecular formula is C29H24O7. The fraction of sp³-hybridized carbons (Fsp3) is 0.172. The number of hydrogen-bond acceptors (Lipinski definition) is 7. The Morgan fingerprint density at radius 2 is 1.31 bits per heavy atom. The molecule has 0 amide bonds. The molecule has 5 N–H and O–H groups in total. The summed E-state index contributed by atoms with van der Waals surface area (Å²) in [7, 11) is 1.57. The van der Waals surface area contributed by atoms with Gasteiger partial charge in [0.2, 0.25) is 0 Å². The Morgan fingerprint density at radius 3 is 1.97 bits per heavy atom. The van der Waals surface area contributed by atoms with Gasteiger partial charge in [0.1, 0.15) is 40.6 Å². The normalized spacial score (nSPS) is 20.3. The zero-order valence-corrected chi connectivity index (χ0v) is 19.3.